The first-order valence-electron chi connectivity index (χ1n) is 10.4. The van der Waals surface area contributed by atoms with Gasteiger partial charge in [-0.05, 0) is 36.8 Å². The number of carbonyl (C=O) groups excluding carboxylic acids is 3. The van der Waals surface area contributed by atoms with E-state index in [4.69, 9.17) is 11.6 Å². The van der Waals surface area contributed by atoms with Crippen LogP contribution in [0.25, 0.3) is 0 Å². The smallest absolute Gasteiger partial charge is 0.253 e. The molecule has 0 saturated carbocycles. The molecule has 3 aliphatic heterocycles. The molecule has 2 saturated heterocycles. The van der Waals surface area contributed by atoms with Crippen LogP contribution in [0, 0.1) is 11.8 Å². The van der Waals surface area contributed by atoms with Gasteiger partial charge >= 0.3 is 0 Å². The number of carbonyl (C=O) groups is 3. The second-order valence-electron chi connectivity index (χ2n) is 8.18. The predicted octanol–water partition coefficient (Wildman–Crippen LogP) is 3.26. The number of benzene rings is 2. The highest BCUT2D eigenvalue weighted by Gasteiger charge is 2.71. The molecule has 6 nitrogen and oxygen atoms in total. The molecule has 2 aromatic rings. The van der Waals surface area contributed by atoms with Crippen LogP contribution in [0.15, 0.2) is 61.2 Å². The minimum absolute atomic E-state index is 0.210. The topological polar surface area (TPSA) is 69.7 Å². The minimum Gasteiger partial charge on any atom is -0.306 e. The molecular formula is C24H22ClN3O3. The summed E-state index contributed by atoms with van der Waals surface area (Å²) in [6.07, 6.45) is 2.28. The first-order chi connectivity index (χ1) is 15.0. The van der Waals surface area contributed by atoms with Crippen molar-refractivity contribution in [2.24, 2.45) is 11.8 Å². The lowest BCUT2D eigenvalue weighted by atomic mass is 9.76. The summed E-state index contributed by atoms with van der Waals surface area (Å²) in [6.45, 7) is 6.07. The molecule has 0 aromatic heterocycles. The van der Waals surface area contributed by atoms with Gasteiger partial charge in [0.1, 0.15) is 5.54 Å². The molecule has 4 atom stereocenters. The Labute approximate surface area is 185 Å². The fraction of sp³-hybridized carbons (Fsp3) is 0.292. The summed E-state index contributed by atoms with van der Waals surface area (Å²) in [5, 5.41) is 3.96. The second-order valence-corrected chi connectivity index (χ2v) is 8.62. The number of amides is 3. The summed E-state index contributed by atoms with van der Waals surface area (Å²) in [5.41, 5.74) is 0.701. The molecule has 0 radical (unpaired) electrons. The average Bonchev–Trinajstić information content (AvgIpc) is 3.34. The van der Waals surface area contributed by atoms with Crippen LogP contribution in [0.1, 0.15) is 18.9 Å². The van der Waals surface area contributed by atoms with Crippen LogP contribution >= 0.6 is 11.6 Å². The number of anilines is 2. The predicted molar refractivity (Wildman–Crippen MR) is 119 cm³/mol. The molecule has 31 heavy (non-hydrogen) atoms. The zero-order valence-electron chi connectivity index (χ0n) is 17.0. The summed E-state index contributed by atoms with van der Waals surface area (Å²) in [7, 11) is 0. The van der Waals surface area contributed by atoms with Gasteiger partial charge in [0, 0.05) is 28.9 Å². The van der Waals surface area contributed by atoms with Crippen molar-refractivity contribution in [2.45, 2.75) is 24.9 Å². The summed E-state index contributed by atoms with van der Waals surface area (Å²) in [5.74, 6) is -2.28. The van der Waals surface area contributed by atoms with E-state index in [0.717, 1.165) is 11.3 Å². The molecule has 1 spiro atoms. The number of hydrogen-bond acceptors (Lipinski definition) is 4. The SMILES string of the molecule is C=CCN1C(=O)[C@]2(N[C@@H](CC)[C@@H]3C(=O)N(c4ccc(Cl)cc4)C(=O)[C@H]32)c2ccccc21. The van der Waals surface area contributed by atoms with Crippen LogP contribution in [0.4, 0.5) is 11.4 Å². The van der Waals surface area contributed by atoms with Gasteiger partial charge in [-0.2, -0.15) is 0 Å². The van der Waals surface area contributed by atoms with Gasteiger partial charge in [-0.1, -0.05) is 42.8 Å². The third kappa shape index (κ3) is 2.52. The molecule has 1 N–H and O–H groups in total. The molecule has 0 unspecified atom stereocenters. The van der Waals surface area contributed by atoms with Crippen molar-refractivity contribution < 1.29 is 14.4 Å². The highest BCUT2D eigenvalue weighted by Crippen LogP contribution is 2.55. The Bertz CT molecular complexity index is 1120. The van der Waals surface area contributed by atoms with Gasteiger partial charge < -0.3 is 4.90 Å². The number of rotatable bonds is 4. The zero-order valence-corrected chi connectivity index (χ0v) is 17.8. The molecule has 2 aromatic carbocycles. The minimum atomic E-state index is -1.27. The number of nitrogens with zero attached hydrogens (tertiary/aromatic N) is 2. The van der Waals surface area contributed by atoms with Gasteiger partial charge in [0.2, 0.25) is 11.8 Å². The van der Waals surface area contributed by atoms with Crippen molar-refractivity contribution in [3.05, 3.63) is 71.8 Å². The van der Waals surface area contributed by atoms with Gasteiger partial charge in [-0.15, -0.1) is 6.58 Å². The Morgan fingerprint density at radius 2 is 1.81 bits per heavy atom. The highest BCUT2D eigenvalue weighted by atomic mass is 35.5. The zero-order chi connectivity index (χ0) is 21.9. The van der Waals surface area contributed by atoms with Crippen LogP contribution in [0.3, 0.4) is 0 Å². The lowest BCUT2D eigenvalue weighted by molar-refractivity contribution is -0.132. The van der Waals surface area contributed by atoms with Crippen molar-refractivity contribution in [3.63, 3.8) is 0 Å². The number of imide groups is 1. The number of nitrogens with one attached hydrogen (secondary N) is 1. The number of para-hydroxylation sites is 1. The monoisotopic (exact) mass is 435 g/mol. The van der Waals surface area contributed by atoms with Crippen molar-refractivity contribution in [1.82, 2.24) is 5.32 Å². The Balaban J connectivity index is 1.68. The van der Waals surface area contributed by atoms with Crippen molar-refractivity contribution in [1.29, 1.82) is 0 Å². The summed E-state index contributed by atoms with van der Waals surface area (Å²) in [4.78, 5) is 44.0. The van der Waals surface area contributed by atoms with Crippen molar-refractivity contribution in [3.8, 4) is 0 Å². The molecule has 0 aliphatic carbocycles. The van der Waals surface area contributed by atoms with Crippen LogP contribution < -0.4 is 15.1 Å². The van der Waals surface area contributed by atoms with E-state index in [1.807, 2.05) is 31.2 Å². The largest absolute Gasteiger partial charge is 0.306 e. The van der Waals surface area contributed by atoms with Crippen LogP contribution in [0.5, 0.6) is 0 Å². The molecule has 3 heterocycles. The van der Waals surface area contributed by atoms with E-state index in [2.05, 4.69) is 11.9 Å². The van der Waals surface area contributed by atoms with Gasteiger partial charge in [0.15, 0.2) is 0 Å². The first kappa shape index (κ1) is 20.0. The Morgan fingerprint density at radius 3 is 2.48 bits per heavy atom. The molecule has 3 aliphatic rings. The van der Waals surface area contributed by atoms with E-state index in [1.54, 1.807) is 35.2 Å². The second kappa shape index (κ2) is 7.04. The lowest BCUT2D eigenvalue weighted by Gasteiger charge is -2.30. The molecule has 5 rings (SSSR count). The maximum absolute atomic E-state index is 13.8. The number of hydrogen-bond donors (Lipinski definition) is 1. The van der Waals surface area contributed by atoms with Gasteiger partial charge in [-0.25, -0.2) is 4.90 Å². The van der Waals surface area contributed by atoms with E-state index >= 15 is 0 Å². The Morgan fingerprint density at radius 1 is 1.10 bits per heavy atom. The van der Waals surface area contributed by atoms with Gasteiger partial charge in [0.05, 0.1) is 17.5 Å². The summed E-state index contributed by atoms with van der Waals surface area (Å²) >= 11 is 6.00. The summed E-state index contributed by atoms with van der Waals surface area (Å²) < 4.78 is 0. The molecule has 158 valence electrons. The molecule has 7 heteroatoms. The summed E-state index contributed by atoms with van der Waals surface area (Å²) in [6, 6.07) is 13.8. The fourth-order valence-electron chi connectivity index (χ4n) is 5.45. The molecule has 3 amide bonds. The Kier molecular flexibility index (Phi) is 4.53. The molecular weight excluding hydrogens is 414 g/mol. The average molecular weight is 436 g/mol. The fourth-order valence-corrected chi connectivity index (χ4v) is 5.58. The van der Waals surface area contributed by atoms with E-state index in [1.165, 1.54) is 4.90 Å². The van der Waals surface area contributed by atoms with Crippen LogP contribution in [0.2, 0.25) is 5.02 Å². The van der Waals surface area contributed by atoms with Gasteiger partial charge in [0.25, 0.3) is 5.91 Å². The molecule has 2 fully saturated rings. The third-order valence-electron chi connectivity index (χ3n) is 6.70. The molecule has 0 bridgehead atoms. The van der Waals surface area contributed by atoms with Crippen molar-refractivity contribution in [2.75, 3.05) is 16.3 Å². The first-order valence-corrected chi connectivity index (χ1v) is 10.8. The van der Waals surface area contributed by atoms with E-state index in [0.29, 0.717) is 23.7 Å². The van der Waals surface area contributed by atoms with E-state index < -0.39 is 17.4 Å². The van der Waals surface area contributed by atoms with E-state index in [9.17, 15) is 14.4 Å². The number of halogens is 1. The highest BCUT2D eigenvalue weighted by molar-refractivity contribution is 6.31. The standard InChI is InChI=1S/C24H22ClN3O3/c1-3-13-27-18-8-6-5-7-16(18)24(23(27)31)20-19(17(4-2)26-24)21(29)28(22(20)30)15-11-9-14(25)10-12-15/h3,5-12,17,19-20,26H,1,4,13H2,2H3/t17-,19-,20-,24-/m0/s1. The van der Waals surface area contributed by atoms with Crippen LogP contribution in [-0.2, 0) is 19.9 Å². The lowest BCUT2D eigenvalue weighted by Crippen LogP contribution is -2.55. The van der Waals surface area contributed by atoms with Crippen molar-refractivity contribution >= 4 is 40.7 Å². The Hall–Kier alpha value is -2.96. The van der Waals surface area contributed by atoms with Gasteiger partial charge in [-0.3, -0.25) is 19.7 Å². The third-order valence-corrected chi connectivity index (χ3v) is 6.95. The quantitative estimate of drug-likeness (QED) is 0.591. The maximum Gasteiger partial charge on any atom is 0.253 e. The maximum atomic E-state index is 13.8. The normalized spacial score (nSPS) is 29.1. The van der Waals surface area contributed by atoms with E-state index in [-0.39, 0.29) is 23.8 Å². The number of fused-ring (bicyclic) bond motifs is 4. The van der Waals surface area contributed by atoms with Crippen LogP contribution in [-0.4, -0.2) is 30.3 Å².